The Morgan fingerprint density at radius 2 is 2.17 bits per heavy atom. The predicted molar refractivity (Wildman–Crippen MR) is 81.5 cm³/mol. The summed E-state index contributed by atoms with van der Waals surface area (Å²) < 4.78 is 9.63. The molecule has 0 aliphatic rings. The van der Waals surface area contributed by atoms with Gasteiger partial charge in [-0.15, -0.1) is 10.2 Å². The predicted octanol–water partition coefficient (Wildman–Crippen LogP) is 2.06. The summed E-state index contributed by atoms with van der Waals surface area (Å²) in [5.41, 5.74) is 0.674. The summed E-state index contributed by atoms with van der Waals surface area (Å²) in [5.74, 6) is 0.798. The van der Waals surface area contributed by atoms with E-state index < -0.39 is 4.92 Å². The maximum absolute atomic E-state index is 10.6. The lowest BCUT2D eigenvalue weighted by atomic mass is 10.4. The molecule has 0 atom stereocenters. The van der Waals surface area contributed by atoms with E-state index in [1.165, 1.54) is 17.1 Å². The summed E-state index contributed by atoms with van der Waals surface area (Å²) >= 11 is 3.41. The second kappa shape index (κ2) is 6.28. The molecule has 0 bridgehead atoms. The molecular formula is C12H12BrN7O3. The Morgan fingerprint density at radius 3 is 2.87 bits per heavy atom. The molecule has 3 aromatic heterocycles. The molecule has 3 aromatic rings. The Balaban J connectivity index is 1.72. The van der Waals surface area contributed by atoms with Crippen LogP contribution in [0.3, 0.4) is 0 Å². The number of rotatable bonds is 6. The molecule has 3 heterocycles. The zero-order valence-corrected chi connectivity index (χ0v) is 13.7. The van der Waals surface area contributed by atoms with E-state index in [-0.39, 0.29) is 5.69 Å². The largest absolute Gasteiger partial charge is 0.419 e. The summed E-state index contributed by atoms with van der Waals surface area (Å²) in [6.45, 7) is 3.05. The van der Waals surface area contributed by atoms with E-state index >= 15 is 0 Å². The van der Waals surface area contributed by atoms with E-state index in [2.05, 4.69) is 36.3 Å². The molecule has 0 aromatic carbocycles. The molecule has 0 aliphatic carbocycles. The van der Waals surface area contributed by atoms with Crippen molar-refractivity contribution in [1.82, 2.24) is 29.8 Å². The van der Waals surface area contributed by atoms with Crippen LogP contribution < -0.4 is 0 Å². The van der Waals surface area contributed by atoms with Crippen LogP contribution in [0.5, 0.6) is 0 Å². The normalized spacial score (nSPS) is 11.0. The van der Waals surface area contributed by atoms with Crippen molar-refractivity contribution in [3.05, 3.63) is 39.1 Å². The van der Waals surface area contributed by atoms with Crippen molar-refractivity contribution in [1.29, 1.82) is 0 Å². The summed E-state index contributed by atoms with van der Waals surface area (Å²) in [7, 11) is 0. The van der Waals surface area contributed by atoms with Gasteiger partial charge in [-0.2, -0.15) is 10.2 Å². The van der Waals surface area contributed by atoms with Crippen molar-refractivity contribution >= 4 is 21.6 Å². The summed E-state index contributed by atoms with van der Waals surface area (Å²) in [6, 6.07) is 0. The highest BCUT2D eigenvalue weighted by molar-refractivity contribution is 9.10. The number of halogens is 1. The quantitative estimate of drug-likeness (QED) is 0.473. The van der Waals surface area contributed by atoms with Crippen LogP contribution in [0.1, 0.15) is 12.8 Å². The maximum atomic E-state index is 10.6. The van der Waals surface area contributed by atoms with Gasteiger partial charge in [0.1, 0.15) is 18.1 Å². The van der Waals surface area contributed by atoms with E-state index in [4.69, 9.17) is 4.42 Å². The van der Waals surface area contributed by atoms with E-state index in [0.29, 0.717) is 31.3 Å². The number of hydrogen-bond acceptors (Lipinski definition) is 7. The molecule has 23 heavy (non-hydrogen) atoms. The first kappa shape index (κ1) is 15.3. The minimum atomic E-state index is -0.488. The zero-order valence-electron chi connectivity index (χ0n) is 12.1. The average molecular weight is 382 g/mol. The van der Waals surface area contributed by atoms with Crippen molar-refractivity contribution in [3.8, 4) is 11.6 Å². The molecule has 0 radical (unpaired) electrons. The lowest BCUT2D eigenvalue weighted by molar-refractivity contribution is -0.385. The van der Waals surface area contributed by atoms with Gasteiger partial charge in [-0.25, -0.2) is 0 Å². The average Bonchev–Trinajstić information content (AvgIpc) is 3.23. The Kier molecular flexibility index (Phi) is 4.19. The zero-order chi connectivity index (χ0) is 16.4. The maximum Gasteiger partial charge on any atom is 0.306 e. The third-order valence-corrected chi connectivity index (χ3v) is 3.73. The molecule has 120 valence electrons. The number of hydrogen-bond donors (Lipinski definition) is 0. The first-order valence-corrected chi connectivity index (χ1v) is 7.58. The second-order valence-corrected chi connectivity index (χ2v) is 5.48. The number of nitro groups is 1. The molecule has 11 heteroatoms. The van der Waals surface area contributed by atoms with E-state index in [1.807, 2.05) is 6.92 Å². The minimum Gasteiger partial charge on any atom is -0.419 e. The third-order valence-electron chi connectivity index (χ3n) is 3.15. The van der Waals surface area contributed by atoms with Crippen LogP contribution in [0.25, 0.3) is 11.6 Å². The van der Waals surface area contributed by atoms with E-state index in [9.17, 15) is 10.1 Å². The molecule has 3 rings (SSSR count). The van der Waals surface area contributed by atoms with Crippen molar-refractivity contribution in [3.63, 3.8) is 0 Å². The molecule has 0 saturated carbocycles. The van der Waals surface area contributed by atoms with Crippen LogP contribution in [0.2, 0.25) is 0 Å². The van der Waals surface area contributed by atoms with Crippen molar-refractivity contribution < 1.29 is 9.34 Å². The Bertz CT molecular complexity index is 837. The fourth-order valence-electron chi connectivity index (χ4n) is 2.04. The number of aromatic nitrogens is 6. The van der Waals surface area contributed by atoms with Crippen LogP contribution in [-0.4, -0.2) is 34.7 Å². The third kappa shape index (κ3) is 3.13. The van der Waals surface area contributed by atoms with Crippen LogP contribution in [-0.2, 0) is 19.5 Å². The van der Waals surface area contributed by atoms with Gasteiger partial charge >= 0.3 is 5.69 Å². The first-order chi connectivity index (χ1) is 11.1. The topological polar surface area (TPSA) is 118 Å². The highest BCUT2D eigenvalue weighted by Gasteiger charge is 2.17. The summed E-state index contributed by atoms with van der Waals surface area (Å²) in [6.07, 6.45) is 4.66. The van der Waals surface area contributed by atoms with Crippen molar-refractivity contribution in [2.45, 2.75) is 26.4 Å². The Hall–Kier alpha value is -2.56. The highest BCUT2D eigenvalue weighted by Crippen LogP contribution is 2.27. The summed E-state index contributed by atoms with van der Waals surface area (Å²) in [5, 5.41) is 26.7. The fourth-order valence-corrected chi connectivity index (χ4v) is 2.51. The highest BCUT2D eigenvalue weighted by atomic mass is 79.9. The molecule has 10 nitrogen and oxygen atoms in total. The van der Waals surface area contributed by atoms with Gasteiger partial charge in [0.25, 0.3) is 5.89 Å². The van der Waals surface area contributed by atoms with Gasteiger partial charge in [0.05, 0.1) is 15.6 Å². The van der Waals surface area contributed by atoms with Crippen LogP contribution in [0, 0.1) is 10.1 Å². The lowest BCUT2D eigenvalue weighted by Gasteiger charge is -2.00. The molecule has 0 amide bonds. The first-order valence-electron chi connectivity index (χ1n) is 6.79. The number of aryl methyl sites for hydroxylation is 3. The Labute approximate surface area is 138 Å². The second-order valence-electron chi connectivity index (χ2n) is 4.63. The molecular weight excluding hydrogens is 370 g/mol. The van der Waals surface area contributed by atoms with Gasteiger partial charge in [-0.05, 0) is 22.9 Å². The van der Waals surface area contributed by atoms with Crippen molar-refractivity contribution in [2.24, 2.45) is 0 Å². The minimum absolute atomic E-state index is 0.0491. The van der Waals surface area contributed by atoms with Crippen LogP contribution in [0.15, 0.2) is 27.5 Å². The van der Waals surface area contributed by atoms with E-state index in [0.717, 1.165) is 10.2 Å². The van der Waals surface area contributed by atoms with E-state index in [1.54, 1.807) is 10.9 Å². The standard InChI is InChI=1S/C12H12BrN7O3/c1-2-19-11(9(13)6-15-19)12-17-16-10(23-12)3-4-18-7-8(5-14-18)20(21)22/h5-7H,2-4H2,1H3. The fraction of sp³-hybridized carbons (Fsp3) is 0.333. The van der Waals surface area contributed by atoms with Crippen LogP contribution in [0.4, 0.5) is 5.69 Å². The van der Waals surface area contributed by atoms with Gasteiger partial charge < -0.3 is 4.42 Å². The van der Waals surface area contributed by atoms with Gasteiger partial charge in [-0.3, -0.25) is 19.5 Å². The summed E-state index contributed by atoms with van der Waals surface area (Å²) in [4.78, 5) is 10.1. The van der Waals surface area contributed by atoms with Gasteiger partial charge in [-0.1, -0.05) is 0 Å². The lowest BCUT2D eigenvalue weighted by Crippen LogP contribution is -2.01. The smallest absolute Gasteiger partial charge is 0.306 e. The van der Waals surface area contributed by atoms with Gasteiger partial charge in [0.15, 0.2) is 0 Å². The van der Waals surface area contributed by atoms with Crippen LogP contribution >= 0.6 is 15.9 Å². The molecule has 0 spiro atoms. The molecule has 0 N–H and O–H groups in total. The van der Waals surface area contributed by atoms with Gasteiger partial charge in [0.2, 0.25) is 5.89 Å². The Morgan fingerprint density at radius 1 is 1.35 bits per heavy atom. The molecule has 0 fully saturated rings. The molecule has 0 aliphatic heterocycles. The number of nitrogens with zero attached hydrogens (tertiary/aromatic N) is 7. The van der Waals surface area contributed by atoms with Gasteiger partial charge in [0, 0.05) is 19.5 Å². The SMILES string of the molecule is CCn1ncc(Br)c1-c1nnc(CCn2cc([N+](=O)[O-])cn2)o1. The van der Waals surface area contributed by atoms with Crippen molar-refractivity contribution in [2.75, 3.05) is 0 Å². The monoisotopic (exact) mass is 381 g/mol. The molecule has 0 saturated heterocycles. The molecule has 0 unspecified atom stereocenters.